The highest BCUT2D eigenvalue weighted by Crippen LogP contribution is 2.14. The smallest absolute Gasteiger partial charge is 0.222 e. The van der Waals surface area contributed by atoms with E-state index < -0.39 is 0 Å². The van der Waals surface area contributed by atoms with Crippen LogP contribution in [0.2, 0.25) is 0 Å². The van der Waals surface area contributed by atoms with Gasteiger partial charge in [0.25, 0.3) is 0 Å². The molecule has 0 unspecified atom stereocenters. The zero-order valence-corrected chi connectivity index (χ0v) is 24.4. The average molecular weight is 495 g/mol. The van der Waals surface area contributed by atoms with Crippen molar-refractivity contribution in [3.63, 3.8) is 0 Å². The number of nitrogens with zero attached hydrogens (tertiary/aromatic N) is 2. The number of carbonyl (C=O) groups is 2. The molecule has 0 heterocycles. The summed E-state index contributed by atoms with van der Waals surface area (Å²) in [7, 11) is 0. The van der Waals surface area contributed by atoms with Gasteiger partial charge in [0.15, 0.2) is 0 Å². The first kappa shape index (κ1) is 33.9. The largest absolute Gasteiger partial charge is 0.343 e. The lowest BCUT2D eigenvalue weighted by molar-refractivity contribution is -0.132. The molecule has 35 heavy (non-hydrogen) atoms. The molecule has 0 fully saturated rings. The van der Waals surface area contributed by atoms with E-state index in [0.717, 1.165) is 103 Å². The van der Waals surface area contributed by atoms with Gasteiger partial charge in [0.05, 0.1) is 0 Å². The maximum absolute atomic E-state index is 12.5. The first-order valence-corrected chi connectivity index (χ1v) is 15.7. The van der Waals surface area contributed by atoms with Crippen LogP contribution in [0, 0.1) is 0 Å². The Morgan fingerprint density at radius 3 is 0.829 bits per heavy atom. The van der Waals surface area contributed by atoms with E-state index in [-0.39, 0.29) is 0 Å². The SMILES string of the molecule is CCCCN(CCCC)C(=O)CCCCCCCCCCCCCC(=O)N(CCCC)CCCC. The Hall–Kier alpha value is -1.06. The van der Waals surface area contributed by atoms with E-state index in [9.17, 15) is 9.59 Å². The van der Waals surface area contributed by atoms with E-state index in [1.165, 1.54) is 57.8 Å². The van der Waals surface area contributed by atoms with Crippen LogP contribution in [0.3, 0.4) is 0 Å². The van der Waals surface area contributed by atoms with E-state index in [1.54, 1.807) is 0 Å². The molecule has 4 heteroatoms. The zero-order valence-electron chi connectivity index (χ0n) is 24.4. The third kappa shape index (κ3) is 20.8. The number of amides is 2. The lowest BCUT2D eigenvalue weighted by atomic mass is 10.0. The second-order valence-electron chi connectivity index (χ2n) is 10.6. The van der Waals surface area contributed by atoms with E-state index in [2.05, 4.69) is 37.5 Å². The Kier molecular flexibility index (Phi) is 25.2. The van der Waals surface area contributed by atoms with Gasteiger partial charge in [-0.05, 0) is 38.5 Å². The van der Waals surface area contributed by atoms with E-state index in [0.29, 0.717) is 11.8 Å². The molecule has 0 saturated carbocycles. The molecule has 0 aromatic carbocycles. The van der Waals surface area contributed by atoms with Crippen molar-refractivity contribution < 1.29 is 9.59 Å². The minimum atomic E-state index is 0.378. The quantitative estimate of drug-likeness (QED) is 0.113. The molecule has 0 aliphatic rings. The Bertz CT molecular complexity index is 423. The van der Waals surface area contributed by atoms with Gasteiger partial charge in [-0.3, -0.25) is 9.59 Å². The molecule has 4 nitrogen and oxygen atoms in total. The molecule has 0 atom stereocenters. The number of rotatable bonds is 26. The summed E-state index contributed by atoms with van der Waals surface area (Å²) < 4.78 is 0. The Morgan fingerprint density at radius 2 is 0.600 bits per heavy atom. The van der Waals surface area contributed by atoms with Crippen molar-refractivity contribution >= 4 is 11.8 Å². The fourth-order valence-corrected chi connectivity index (χ4v) is 4.58. The molecule has 0 aromatic rings. The van der Waals surface area contributed by atoms with Gasteiger partial charge in [-0.15, -0.1) is 0 Å². The van der Waals surface area contributed by atoms with Crippen molar-refractivity contribution in [3.8, 4) is 0 Å². The minimum Gasteiger partial charge on any atom is -0.343 e. The molecule has 0 aromatic heterocycles. The lowest BCUT2D eigenvalue weighted by Crippen LogP contribution is -2.32. The van der Waals surface area contributed by atoms with Gasteiger partial charge in [0.1, 0.15) is 0 Å². The van der Waals surface area contributed by atoms with Crippen LogP contribution in [0.25, 0.3) is 0 Å². The Balaban J connectivity index is 3.64. The van der Waals surface area contributed by atoms with E-state index in [4.69, 9.17) is 0 Å². The molecular formula is C31H62N2O2. The topological polar surface area (TPSA) is 40.6 Å². The molecular weight excluding hydrogens is 432 g/mol. The first-order valence-electron chi connectivity index (χ1n) is 15.7. The van der Waals surface area contributed by atoms with Crippen molar-refractivity contribution in [2.45, 2.75) is 163 Å². The third-order valence-corrected chi connectivity index (χ3v) is 7.11. The summed E-state index contributed by atoms with van der Waals surface area (Å²) in [6, 6.07) is 0. The van der Waals surface area contributed by atoms with E-state index >= 15 is 0 Å². The van der Waals surface area contributed by atoms with Gasteiger partial charge < -0.3 is 9.80 Å². The maximum Gasteiger partial charge on any atom is 0.222 e. The molecule has 0 N–H and O–H groups in total. The van der Waals surface area contributed by atoms with Crippen LogP contribution in [0.4, 0.5) is 0 Å². The summed E-state index contributed by atoms with van der Waals surface area (Å²) in [4.78, 5) is 29.2. The molecule has 0 bridgehead atoms. The van der Waals surface area contributed by atoms with Crippen molar-refractivity contribution in [2.24, 2.45) is 0 Å². The standard InChI is InChI=1S/C31H62N2O2/c1-5-9-26-32(27-10-6-2)30(34)24-22-20-18-16-14-13-15-17-19-21-23-25-31(35)33(28-11-7-3)29-12-8-4/h5-29H2,1-4H3. The predicted molar refractivity (Wildman–Crippen MR) is 153 cm³/mol. The number of carbonyl (C=O) groups excluding carboxylic acids is 2. The van der Waals surface area contributed by atoms with Gasteiger partial charge in [-0.1, -0.05) is 111 Å². The lowest BCUT2D eigenvalue weighted by Gasteiger charge is -2.22. The molecule has 0 rings (SSSR count). The second-order valence-corrected chi connectivity index (χ2v) is 10.6. The molecule has 2 amide bonds. The summed E-state index contributed by atoms with van der Waals surface area (Å²) in [6.45, 7) is 12.6. The van der Waals surface area contributed by atoms with Crippen LogP contribution >= 0.6 is 0 Å². The molecule has 0 spiro atoms. The highest BCUT2D eigenvalue weighted by atomic mass is 16.2. The normalized spacial score (nSPS) is 11.1. The van der Waals surface area contributed by atoms with Gasteiger partial charge in [-0.2, -0.15) is 0 Å². The number of hydrogen-bond acceptors (Lipinski definition) is 2. The molecule has 0 aliphatic carbocycles. The van der Waals surface area contributed by atoms with Crippen molar-refractivity contribution in [1.82, 2.24) is 9.80 Å². The second kappa shape index (κ2) is 26.0. The van der Waals surface area contributed by atoms with Gasteiger partial charge in [-0.25, -0.2) is 0 Å². The minimum absolute atomic E-state index is 0.378. The molecule has 0 aliphatic heterocycles. The highest BCUT2D eigenvalue weighted by molar-refractivity contribution is 5.76. The number of unbranched alkanes of at least 4 members (excludes halogenated alkanes) is 14. The number of hydrogen-bond donors (Lipinski definition) is 0. The third-order valence-electron chi connectivity index (χ3n) is 7.11. The molecule has 208 valence electrons. The fraction of sp³-hybridized carbons (Fsp3) is 0.935. The summed E-state index contributed by atoms with van der Waals surface area (Å²) in [5, 5.41) is 0. The zero-order chi connectivity index (χ0) is 26.0. The monoisotopic (exact) mass is 494 g/mol. The maximum atomic E-state index is 12.5. The van der Waals surface area contributed by atoms with Gasteiger partial charge in [0.2, 0.25) is 11.8 Å². The van der Waals surface area contributed by atoms with Crippen LogP contribution in [-0.4, -0.2) is 47.8 Å². The van der Waals surface area contributed by atoms with Crippen molar-refractivity contribution in [1.29, 1.82) is 0 Å². The summed E-state index contributed by atoms with van der Waals surface area (Å²) in [5.74, 6) is 0.756. The van der Waals surface area contributed by atoms with Crippen molar-refractivity contribution in [2.75, 3.05) is 26.2 Å². The molecule has 0 radical (unpaired) electrons. The van der Waals surface area contributed by atoms with Crippen LogP contribution in [0.15, 0.2) is 0 Å². The van der Waals surface area contributed by atoms with Crippen molar-refractivity contribution in [3.05, 3.63) is 0 Å². The summed E-state index contributed by atoms with van der Waals surface area (Å²) >= 11 is 0. The van der Waals surface area contributed by atoms with Crippen LogP contribution in [0.5, 0.6) is 0 Å². The van der Waals surface area contributed by atoms with Gasteiger partial charge in [0, 0.05) is 39.0 Å². The summed E-state index contributed by atoms with van der Waals surface area (Å²) in [5.41, 5.74) is 0. The Labute approximate surface area is 220 Å². The summed E-state index contributed by atoms with van der Waals surface area (Å²) in [6.07, 6.45) is 24.3. The predicted octanol–water partition coefficient (Wildman–Crippen LogP) is 8.92. The van der Waals surface area contributed by atoms with Crippen LogP contribution < -0.4 is 0 Å². The van der Waals surface area contributed by atoms with Gasteiger partial charge >= 0.3 is 0 Å². The Morgan fingerprint density at radius 1 is 0.371 bits per heavy atom. The first-order chi connectivity index (χ1) is 17.1. The molecule has 0 saturated heterocycles. The fourth-order valence-electron chi connectivity index (χ4n) is 4.58. The van der Waals surface area contributed by atoms with Crippen LogP contribution in [0.1, 0.15) is 163 Å². The van der Waals surface area contributed by atoms with E-state index in [1.807, 2.05) is 0 Å². The van der Waals surface area contributed by atoms with Crippen LogP contribution in [-0.2, 0) is 9.59 Å². The average Bonchev–Trinajstić information content (AvgIpc) is 2.86. The highest BCUT2D eigenvalue weighted by Gasteiger charge is 2.12.